The average molecular weight is 829 g/mol. The second kappa shape index (κ2) is 34.9. The Kier molecular flexibility index (Phi) is 32.4. The van der Waals surface area contributed by atoms with E-state index in [4.69, 9.17) is 18.5 Å². The van der Waals surface area contributed by atoms with Crippen LogP contribution in [0, 0.1) is 0 Å². The highest BCUT2D eigenvalue weighted by Gasteiger charge is 2.51. The van der Waals surface area contributed by atoms with Crippen molar-refractivity contribution in [2.45, 2.75) is 191 Å². The van der Waals surface area contributed by atoms with E-state index in [1.807, 2.05) is 0 Å². The maximum absolute atomic E-state index is 12.8. The van der Waals surface area contributed by atoms with Crippen LogP contribution in [0.15, 0.2) is 60.8 Å². The van der Waals surface area contributed by atoms with E-state index in [9.17, 15) is 39.8 Å². The van der Waals surface area contributed by atoms with E-state index in [1.54, 1.807) is 0 Å². The smallest absolute Gasteiger partial charge is 0.457 e. The number of ether oxygens (including phenoxy) is 2. The predicted molar refractivity (Wildman–Crippen MR) is 225 cm³/mol. The van der Waals surface area contributed by atoms with Crippen molar-refractivity contribution in [3.8, 4) is 0 Å². The van der Waals surface area contributed by atoms with Gasteiger partial charge in [-0.1, -0.05) is 132 Å². The van der Waals surface area contributed by atoms with Crippen LogP contribution in [-0.2, 0) is 27.9 Å². The molecule has 6 N–H and O–H groups in total. The van der Waals surface area contributed by atoms with Gasteiger partial charge in [-0.3, -0.25) is 13.8 Å². The summed E-state index contributed by atoms with van der Waals surface area (Å²) in [6.45, 7) is 4.04. The van der Waals surface area contributed by atoms with Crippen LogP contribution in [0.4, 0.5) is 0 Å². The SMILES string of the molecule is CC/C=C\C/C=C\C/C=C\CCCCCCCCOCC(COP(=O)(O)OC1C(O)C(O)C(O)C(O)C1O)OC(=O)CCCCCCC/C=C\C/C=C\CCCC. The summed E-state index contributed by atoms with van der Waals surface area (Å²) in [7, 11) is -5.02. The fourth-order valence-corrected chi connectivity index (χ4v) is 7.12. The average Bonchev–Trinajstić information content (AvgIpc) is 3.19. The van der Waals surface area contributed by atoms with E-state index in [1.165, 1.54) is 12.8 Å². The Bertz CT molecular complexity index is 1170. The van der Waals surface area contributed by atoms with Gasteiger partial charge in [-0.15, -0.1) is 0 Å². The Morgan fingerprint density at radius 2 is 1.04 bits per heavy atom. The number of hydrogen-bond acceptors (Lipinski definition) is 11. The van der Waals surface area contributed by atoms with E-state index in [2.05, 4.69) is 74.6 Å². The normalized spacial score (nSPS) is 23.4. The minimum absolute atomic E-state index is 0.0942. The van der Waals surface area contributed by atoms with E-state index in [0.717, 1.165) is 109 Å². The number of aliphatic hydroxyl groups excluding tert-OH is 5. The molecule has 0 radical (unpaired) electrons. The zero-order chi connectivity index (χ0) is 42.0. The molecule has 0 spiro atoms. The van der Waals surface area contributed by atoms with Gasteiger partial charge in [0.1, 0.15) is 42.7 Å². The van der Waals surface area contributed by atoms with Crippen molar-refractivity contribution in [3.63, 3.8) is 0 Å². The van der Waals surface area contributed by atoms with Crippen molar-refractivity contribution in [2.75, 3.05) is 19.8 Å². The van der Waals surface area contributed by atoms with Gasteiger partial charge in [-0.25, -0.2) is 4.57 Å². The first-order valence-electron chi connectivity index (χ1n) is 21.6. The zero-order valence-corrected chi connectivity index (χ0v) is 35.8. The second-order valence-corrected chi connectivity index (χ2v) is 16.2. The van der Waals surface area contributed by atoms with Gasteiger partial charge in [0.05, 0.1) is 13.2 Å². The van der Waals surface area contributed by atoms with Gasteiger partial charge >= 0.3 is 13.8 Å². The van der Waals surface area contributed by atoms with Crippen molar-refractivity contribution in [2.24, 2.45) is 0 Å². The molecule has 1 aliphatic carbocycles. The monoisotopic (exact) mass is 829 g/mol. The summed E-state index contributed by atoms with van der Waals surface area (Å²) in [4.78, 5) is 23.1. The number of carbonyl (C=O) groups excluding carboxylic acids is 1. The van der Waals surface area contributed by atoms with E-state index >= 15 is 0 Å². The number of esters is 1. The molecule has 1 fully saturated rings. The van der Waals surface area contributed by atoms with Gasteiger partial charge in [-0.2, -0.15) is 0 Å². The van der Waals surface area contributed by atoms with Crippen LogP contribution in [0.5, 0.6) is 0 Å². The first kappa shape index (κ1) is 53.1. The molecule has 330 valence electrons. The summed E-state index contributed by atoms with van der Waals surface area (Å²) in [6, 6.07) is 0. The molecular formula is C44H77O12P. The zero-order valence-electron chi connectivity index (χ0n) is 34.9. The molecule has 57 heavy (non-hydrogen) atoms. The second-order valence-electron chi connectivity index (χ2n) is 14.8. The van der Waals surface area contributed by atoms with Crippen molar-refractivity contribution in [3.05, 3.63) is 60.8 Å². The summed E-state index contributed by atoms with van der Waals surface area (Å²) >= 11 is 0. The molecule has 1 aliphatic rings. The first-order valence-corrected chi connectivity index (χ1v) is 23.1. The van der Waals surface area contributed by atoms with Crippen molar-refractivity contribution < 1.29 is 58.3 Å². The Morgan fingerprint density at radius 1 is 0.579 bits per heavy atom. The number of phosphoric ester groups is 1. The highest BCUT2D eigenvalue weighted by molar-refractivity contribution is 7.47. The van der Waals surface area contributed by atoms with Crippen LogP contribution < -0.4 is 0 Å². The third-order valence-electron chi connectivity index (χ3n) is 9.62. The molecule has 1 saturated carbocycles. The van der Waals surface area contributed by atoms with Gasteiger partial charge in [0.2, 0.25) is 0 Å². The quantitative estimate of drug-likeness (QED) is 0.0155. The lowest BCUT2D eigenvalue weighted by Crippen LogP contribution is -2.64. The predicted octanol–water partition coefficient (Wildman–Crippen LogP) is 8.25. The summed E-state index contributed by atoms with van der Waals surface area (Å²) in [5.74, 6) is -0.500. The molecule has 12 nitrogen and oxygen atoms in total. The maximum atomic E-state index is 12.8. The van der Waals surface area contributed by atoms with Gasteiger partial charge in [0, 0.05) is 13.0 Å². The highest BCUT2D eigenvalue weighted by atomic mass is 31.2. The standard InChI is InChI=1S/C44H77O12P/c1-3-5-7-9-11-13-15-17-19-20-22-24-26-28-30-32-34-53-35-37(36-54-57(51,52)56-44-42(49)40(47)39(46)41(48)43(44)50)55-38(45)33-31-29-27-25-23-21-18-16-14-12-10-8-6-4-2/h5,7,10-13,16-19,37,39-44,46-50H,3-4,6,8-9,14-15,20-36H2,1-2H3,(H,51,52)/b7-5-,12-10-,13-11-,18-16-,19-17-. The van der Waals surface area contributed by atoms with Crippen LogP contribution in [0.25, 0.3) is 0 Å². The number of carbonyl (C=O) groups is 1. The third-order valence-corrected chi connectivity index (χ3v) is 10.6. The largest absolute Gasteiger partial charge is 0.472 e. The van der Waals surface area contributed by atoms with Crippen LogP contribution in [-0.4, -0.2) is 98.9 Å². The minimum atomic E-state index is -5.02. The van der Waals surface area contributed by atoms with Gasteiger partial charge < -0.3 is 39.9 Å². The molecular weight excluding hydrogens is 751 g/mol. The minimum Gasteiger partial charge on any atom is -0.457 e. The van der Waals surface area contributed by atoms with Crippen LogP contribution >= 0.6 is 7.82 Å². The Hall–Kier alpha value is -1.96. The molecule has 0 aromatic carbocycles. The maximum Gasteiger partial charge on any atom is 0.472 e. The molecule has 0 bridgehead atoms. The molecule has 0 heterocycles. The van der Waals surface area contributed by atoms with Crippen LogP contribution in [0.2, 0.25) is 0 Å². The first-order chi connectivity index (χ1) is 27.5. The number of aliphatic hydroxyl groups is 5. The number of hydrogen-bond donors (Lipinski definition) is 6. The van der Waals surface area contributed by atoms with Crippen LogP contribution in [0.1, 0.15) is 149 Å². The summed E-state index contributed by atoms with van der Waals surface area (Å²) in [5, 5.41) is 50.1. The fraction of sp³-hybridized carbons (Fsp3) is 0.750. The van der Waals surface area contributed by atoms with Gasteiger partial charge in [-0.05, 0) is 70.6 Å². The van der Waals surface area contributed by atoms with Crippen molar-refractivity contribution in [1.82, 2.24) is 0 Å². The number of rotatable bonds is 35. The lowest BCUT2D eigenvalue weighted by Gasteiger charge is -2.41. The molecule has 6 unspecified atom stereocenters. The van der Waals surface area contributed by atoms with Crippen molar-refractivity contribution >= 4 is 13.8 Å². The van der Waals surface area contributed by atoms with Crippen LogP contribution in [0.3, 0.4) is 0 Å². The molecule has 6 atom stereocenters. The third kappa shape index (κ3) is 27.4. The number of unbranched alkanes of at least 4 members (excludes halogenated alkanes) is 13. The summed E-state index contributed by atoms with van der Waals surface area (Å²) in [6.07, 6.45) is 30.0. The van der Waals surface area contributed by atoms with Gasteiger partial charge in [0.25, 0.3) is 0 Å². The molecule has 0 saturated heterocycles. The lowest BCUT2D eigenvalue weighted by atomic mass is 9.85. The summed E-state index contributed by atoms with van der Waals surface area (Å²) in [5.41, 5.74) is 0. The number of allylic oxidation sites excluding steroid dienone is 10. The topological polar surface area (TPSA) is 192 Å². The highest BCUT2D eigenvalue weighted by Crippen LogP contribution is 2.47. The van der Waals surface area contributed by atoms with E-state index in [-0.39, 0.29) is 13.0 Å². The van der Waals surface area contributed by atoms with Crippen molar-refractivity contribution in [1.29, 1.82) is 0 Å². The summed E-state index contributed by atoms with van der Waals surface area (Å²) < 4.78 is 34.1. The Morgan fingerprint density at radius 3 is 1.58 bits per heavy atom. The molecule has 0 amide bonds. The number of phosphoric acid groups is 1. The molecule has 0 aromatic heterocycles. The Labute approximate surface area is 343 Å². The molecule has 13 heteroatoms. The molecule has 0 aliphatic heterocycles. The van der Waals surface area contributed by atoms with E-state index in [0.29, 0.717) is 13.0 Å². The fourth-order valence-electron chi connectivity index (χ4n) is 6.15. The molecule has 0 aromatic rings. The Balaban J connectivity index is 2.45. The van der Waals surface area contributed by atoms with Gasteiger partial charge in [0.15, 0.2) is 0 Å². The molecule has 1 rings (SSSR count). The lowest BCUT2D eigenvalue weighted by molar-refractivity contribution is -0.220. The van der Waals surface area contributed by atoms with E-state index < -0.39 is 63.1 Å².